The number of methoxy groups -OCH3 is 1. The molecule has 1 aromatic rings. The first-order valence-electron chi connectivity index (χ1n) is 8.50. The summed E-state index contributed by atoms with van der Waals surface area (Å²) >= 11 is 0. The predicted molar refractivity (Wildman–Crippen MR) is 97.9 cm³/mol. The summed E-state index contributed by atoms with van der Waals surface area (Å²) in [6, 6.07) is 7.17. The van der Waals surface area contributed by atoms with Gasteiger partial charge in [0.05, 0.1) is 19.6 Å². The molecule has 0 aromatic heterocycles. The lowest BCUT2D eigenvalue weighted by atomic mass is 9.92. The lowest BCUT2D eigenvalue weighted by molar-refractivity contribution is -0.141. The fourth-order valence-electron chi connectivity index (χ4n) is 2.41. The highest BCUT2D eigenvalue weighted by atomic mass is 16.5. The van der Waals surface area contributed by atoms with Gasteiger partial charge in [-0.3, -0.25) is 14.4 Å². The summed E-state index contributed by atoms with van der Waals surface area (Å²) < 4.78 is 5.23. The van der Waals surface area contributed by atoms with Gasteiger partial charge in [-0.15, -0.1) is 0 Å². The highest BCUT2D eigenvalue weighted by Gasteiger charge is 2.21. The van der Waals surface area contributed by atoms with Crippen molar-refractivity contribution in [3.05, 3.63) is 29.8 Å². The zero-order valence-corrected chi connectivity index (χ0v) is 15.8. The molecule has 0 aliphatic heterocycles. The fraction of sp³-hybridized carbons (Fsp3) is 0.526. The predicted octanol–water partition coefficient (Wildman–Crippen LogP) is 1.61. The number of aliphatic carboxylic acids is 1. The number of carbonyl (C=O) groups excluding carboxylic acids is 2. The molecular formula is C19H28N2O5. The van der Waals surface area contributed by atoms with Crippen LogP contribution in [0.1, 0.15) is 32.8 Å². The average Bonchev–Trinajstić information content (AvgIpc) is 2.55. The Hall–Kier alpha value is -2.57. The van der Waals surface area contributed by atoms with E-state index in [0.29, 0.717) is 12.2 Å². The Kier molecular flexibility index (Phi) is 8.09. The molecule has 7 nitrogen and oxygen atoms in total. The van der Waals surface area contributed by atoms with Crippen molar-refractivity contribution in [2.24, 2.45) is 11.3 Å². The van der Waals surface area contributed by atoms with Crippen molar-refractivity contribution in [2.45, 2.75) is 33.6 Å². The number of carboxylic acid groups (broad SMARTS) is 1. The third-order valence-corrected chi connectivity index (χ3v) is 3.69. The van der Waals surface area contributed by atoms with E-state index in [-0.39, 0.29) is 30.8 Å². The zero-order valence-electron chi connectivity index (χ0n) is 15.8. The van der Waals surface area contributed by atoms with Gasteiger partial charge in [-0.05, 0) is 23.5 Å². The molecule has 2 amide bonds. The van der Waals surface area contributed by atoms with Crippen LogP contribution in [0.15, 0.2) is 24.3 Å². The maximum Gasteiger partial charge on any atom is 0.308 e. The summed E-state index contributed by atoms with van der Waals surface area (Å²) in [6.07, 6.45) is 0.543. The Balaban J connectivity index is 2.52. The summed E-state index contributed by atoms with van der Waals surface area (Å²) in [5.74, 6) is -1.82. The minimum absolute atomic E-state index is 0.0264. The van der Waals surface area contributed by atoms with Crippen LogP contribution in [0, 0.1) is 11.3 Å². The van der Waals surface area contributed by atoms with Gasteiger partial charge in [0.1, 0.15) is 5.75 Å². The topological polar surface area (TPSA) is 105 Å². The Morgan fingerprint density at radius 2 is 1.77 bits per heavy atom. The normalized spacial score (nSPS) is 12.2. The van der Waals surface area contributed by atoms with Gasteiger partial charge >= 0.3 is 5.97 Å². The molecule has 1 rings (SSSR count). The molecule has 0 aliphatic rings. The molecular weight excluding hydrogens is 336 g/mol. The number of carboxylic acids is 1. The molecule has 0 saturated carbocycles. The van der Waals surface area contributed by atoms with E-state index in [9.17, 15) is 19.5 Å². The second kappa shape index (κ2) is 9.79. The molecule has 0 aliphatic carbocycles. The van der Waals surface area contributed by atoms with Crippen molar-refractivity contribution < 1.29 is 24.2 Å². The van der Waals surface area contributed by atoms with Crippen LogP contribution in [0.25, 0.3) is 0 Å². The SMILES string of the molecule is COc1ccccc1CC(CNC(=O)CNC(=O)CC(C)(C)C)C(=O)O. The summed E-state index contributed by atoms with van der Waals surface area (Å²) in [4.78, 5) is 35.1. The third-order valence-electron chi connectivity index (χ3n) is 3.69. The van der Waals surface area contributed by atoms with Crippen LogP contribution in [0.4, 0.5) is 0 Å². The van der Waals surface area contributed by atoms with Crippen molar-refractivity contribution in [3.63, 3.8) is 0 Å². The smallest absolute Gasteiger partial charge is 0.308 e. The van der Waals surface area contributed by atoms with Crippen LogP contribution in [0.5, 0.6) is 5.75 Å². The van der Waals surface area contributed by atoms with E-state index in [1.807, 2.05) is 20.8 Å². The number of nitrogens with one attached hydrogen (secondary N) is 2. The quantitative estimate of drug-likeness (QED) is 0.617. The van der Waals surface area contributed by atoms with E-state index in [4.69, 9.17) is 4.74 Å². The van der Waals surface area contributed by atoms with E-state index in [1.54, 1.807) is 24.3 Å². The van der Waals surface area contributed by atoms with E-state index in [1.165, 1.54) is 7.11 Å². The summed E-state index contributed by atoms with van der Waals surface area (Å²) in [5, 5.41) is 14.5. The third kappa shape index (κ3) is 8.00. The first kappa shape index (κ1) is 21.5. The van der Waals surface area contributed by atoms with E-state index < -0.39 is 17.8 Å². The average molecular weight is 364 g/mol. The van der Waals surface area contributed by atoms with Crippen LogP contribution in [-0.2, 0) is 20.8 Å². The highest BCUT2D eigenvalue weighted by Crippen LogP contribution is 2.21. The molecule has 0 saturated heterocycles. The minimum atomic E-state index is -1.01. The molecule has 0 bridgehead atoms. The Morgan fingerprint density at radius 3 is 2.35 bits per heavy atom. The molecule has 3 N–H and O–H groups in total. The number of hydrogen-bond acceptors (Lipinski definition) is 4. The lowest BCUT2D eigenvalue weighted by Gasteiger charge is -2.18. The molecule has 26 heavy (non-hydrogen) atoms. The zero-order chi connectivity index (χ0) is 19.7. The molecule has 0 heterocycles. The van der Waals surface area contributed by atoms with Crippen molar-refractivity contribution in [3.8, 4) is 5.75 Å². The van der Waals surface area contributed by atoms with Crippen molar-refractivity contribution in [2.75, 3.05) is 20.2 Å². The minimum Gasteiger partial charge on any atom is -0.496 e. The van der Waals surface area contributed by atoms with Crippen molar-refractivity contribution in [1.29, 1.82) is 0 Å². The molecule has 0 spiro atoms. The van der Waals surface area contributed by atoms with Crippen LogP contribution in [0.3, 0.4) is 0 Å². The molecule has 144 valence electrons. The van der Waals surface area contributed by atoms with Crippen LogP contribution >= 0.6 is 0 Å². The molecule has 7 heteroatoms. The molecule has 1 atom stereocenters. The highest BCUT2D eigenvalue weighted by molar-refractivity contribution is 5.85. The second-order valence-corrected chi connectivity index (χ2v) is 7.37. The monoisotopic (exact) mass is 364 g/mol. The van der Waals surface area contributed by atoms with Crippen LogP contribution in [-0.4, -0.2) is 43.1 Å². The maximum absolute atomic E-state index is 11.9. The van der Waals surface area contributed by atoms with Gasteiger partial charge in [0, 0.05) is 13.0 Å². The van der Waals surface area contributed by atoms with Crippen LogP contribution in [0.2, 0.25) is 0 Å². The summed E-state index contributed by atoms with van der Waals surface area (Å²) in [7, 11) is 1.52. The van der Waals surface area contributed by atoms with Gasteiger partial charge in [-0.2, -0.15) is 0 Å². The van der Waals surface area contributed by atoms with Crippen molar-refractivity contribution in [1.82, 2.24) is 10.6 Å². The van der Waals surface area contributed by atoms with Crippen LogP contribution < -0.4 is 15.4 Å². The van der Waals surface area contributed by atoms with Gasteiger partial charge in [-0.1, -0.05) is 39.0 Å². The first-order chi connectivity index (χ1) is 12.1. The maximum atomic E-state index is 11.9. The van der Waals surface area contributed by atoms with E-state index in [2.05, 4.69) is 10.6 Å². The standard InChI is InChI=1S/C19H28N2O5/c1-19(2,3)10-16(22)21-12-17(23)20-11-14(18(24)25)9-13-7-5-6-8-15(13)26-4/h5-8,14H,9-12H2,1-4H3,(H,20,23)(H,21,22)(H,24,25). The second-order valence-electron chi connectivity index (χ2n) is 7.37. The Morgan fingerprint density at radius 1 is 1.12 bits per heavy atom. The van der Waals surface area contributed by atoms with Gasteiger partial charge in [0.15, 0.2) is 0 Å². The first-order valence-corrected chi connectivity index (χ1v) is 8.50. The molecule has 1 aromatic carbocycles. The molecule has 0 radical (unpaired) electrons. The molecule has 0 fully saturated rings. The fourth-order valence-corrected chi connectivity index (χ4v) is 2.41. The Bertz CT molecular complexity index is 637. The Labute approximate surface area is 154 Å². The van der Waals surface area contributed by atoms with E-state index in [0.717, 1.165) is 5.56 Å². The van der Waals surface area contributed by atoms with E-state index >= 15 is 0 Å². The summed E-state index contributed by atoms with van der Waals surface area (Å²) in [5.41, 5.74) is 0.596. The van der Waals surface area contributed by atoms with Gasteiger partial charge in [0.25, 0.3) is 0 Å². The number of amides is 2. The number of carbonyl (C=O) groups is 3. The molecule has 1 unspecified atom stereocenters. The summed E-state index contributed by atoms with van der Waals surface area (Å²) in [6.45, 7) is 5.60. The number of para-hydroxylation sites is 1. The number of ether oxygens (including phenoxy) is 1. The van der Waals surface area contributed by atoms with Gasteiger partial charge < -0.3 is 20.5 Å². The van der Waals surface area contributed by atoms with Gasteiger partial charge in [0.2, 0.25) is 11.8 Å². The van der Waals surface area contributed by atoms with Gasteiger partial charge in [-0.25, -0.2) is 0 Å². The largest absolute Gasteiger partial charge is 0.496 e. The number of rotatable bonds is 9. The lowest BCUT2D eigenvalue weighted by Crippen LogP contribution is -2.41. The van der Waals surface area contributed by atoms with Crippen molar-refractivity contribution >= 4 is 17.8 Å². The number of hydrogen-bond donors (Lipinski definition) is 3. The number of benzene rings is 1.